The number of amides is 2. The fourth-order valence-electron chi connectivity index (χ4n) is 3.60. The molecule has 5 heteroatoms. The molecule has 2 aromatic carbocycles. The fourth-order valence-corrected chi connectivity index (χ4v) is 3.60. The Hall–Kier alpha value is -3.10. The second kappa shape index (κ2) is 9.20. The van der Waals surface area contributed by atoms with Gasteiger partial charge in [0.2, 0.25) is 0 Å². The fraction of sp³-hybridized carbons (Fsp3) is 0.304. The van der Waals surface area contributed by atoms with Crippen LogP contribution in [0.4, 0.5) is 4.79 Å². The van der Waals surface area contributed by atoms with Crippen molar-refractivity contribution in [3.05, 3.63) is 71.3 Å². The van der Waals surface area contributed by atoms with E-state index in [1.54, 1.807) is 0 Å². The smallest absolute Gasteiger partial charge is 0.318 e. The van der Waals surface area contributed by atoms with Crippen molar-refractivity contribution in [1.82, 2.24) is 10.2 Å². The SMILES string of the molecule is CCCNC(=O)N1[C@H](CO)[C@H](c2ccc(/C=C/c3ccccc3)cc2)[C@@H]1C#N. The molecule has 28 heavy (non-hydrogen) atoms. The topological polar surface area (TPSA) is 76.4 Å². The van der Waals surface area contributed by atoms with Gasteiger partial charge in [-0.05, 0) is 23.1 Å². The third-order valence-corrected chi connectivity index (χ3v) is 5.08. The van der Waals surface area contributed by atoms with Gasteiger partial charge in [0.1, 0.15) is 6.04 Å². The highest BCUT2D eigenvalue weighted by molar-refractivity contribution is 5.77. The molecule has 1 aliphatic rings. The number of nitrogens with one attached hydrogen (secondary N) is 1. The maximum Gasteiger partial charge on any atom is 0.318 e. The van der Waals surface area contributed by atoms with Gasteiger partial charge in [-0.1, -0.05) is 73.7 Å². The van der Waals surface area contributed by atoms with Crippen LogP contribution in [0, 0.1) is 11.3 Å². The molecular formula is C23H25N3O2. The van der Waals surface area contributed by atoms with Crippen LogP contribution in [0.1, 0.15) is 36.0 Å². The number of benzene rings is 2. The number of hydrogen-bond donors (Lipinski definition) is 2. The molecule has 1 saturated heterocycles. The first-order valence-electron chi connectivity index (χ1n) is 9.59. The molecule has 0 aromatic heterocycles. The van der Waals surface area contributed by atoms with Gasteiger partial charge in [0.15, 0.2) is 0 Å². The first-order chi connectivity index (χ1) is 13.7. The normalized spacial score (nSPS) is 21.2. The van der Waals surface area contributed by atoms with Crippen LogP contribution in [0.3, 0.4) is 0 Å². The van der Waals surface area contributed by atoms with Crippen molar-refractivity contribution in [3.63, 3.8) is 0 Å². The Morgan fingerprint density at radius 2 is 1.79 bits per heavy atom. The Bertz CT molecular complexity index is 856. The summed E-state index contributed by atoms with van der Waals surface area (Å²) in [5.74, 6) is -0.186. The van der Waals surface area contributed by atoms with Gasteiger partial charge in [0.25, 0.3) is 0 Å². The molecule has 1 aliphatic heterocycles. The highest BCUT2D eigenvalue weighted by atomic mass is 16.3. The van der Waals surface area contributed by atoms with E-state index in [4.69, 9.17) is 0 Å². The Labute approximate surface area is 165 Å². The van der Waals surface area contributed by atoms with Crippen LogP contribution in [0.25, 0.3) is 12.2 Å². The lowest BCUT2D eigenvalue weighted by molar-refractivity contribution is 0.0169. The monoisotopic (exact) mass is 375 g/mol. The van der Waals surface area contributed by atoms with Crippen LogP contribution in [0.5, 0.6) is 0 Å². The number of aliphatic hydroxyl groups excluding tert-OH is 1. The molecule has 0 spiro atoms. The van der Waals surface area contributed by atoms with E-state index in [9.17, 15) is 15.2 Å². The molecule has 1 fully saturated rings. The number of carbonyl (C=O) groups excluding carboxylic acids is 1. The van der Waals surface area contributed by atoms with Crippen molar-refractivity contribution in [2.45, 2.75) is 31.3 Å². The van der Waals surface area contributed by atoms with E-state index < -0.39 is 6.04 Å². The van der Waals surface area contributed by atoms with Crippen molar-refractivity contribution in [3.8, 4) is 6.07 Å². The molecule has 1 heterocycles. The van der Waals surface area contributed by atoms with Gasteiger partial charge in [0, 0.05) is 12.5 Å². The molecule has 3 atom stereocenters. The first kappa shape index (κ1) is 19.7. The summed E-state index contributed by atoms with van der Waals surface area (Å²) in [6.07, 6.45) is 4.91. The van der Waals surface area contributed by atoms with Gasteiger partial charge in [-0.3, -0.25) is 0 Å². The van der Waals surface area contributed by atoms with Crippen LogP contribution in [0.2, 0.25) is 0 Å². The minimum Gasteiger partial charge on any atom is -0.394 e. The van der Waals surface area contributed by atoms with E-state index in [1.165, 1.54) is 4.90 Å². The standard InChI is InChI=1S/C23H25N3O2/c1-2-14-25-23(28)26-20(15-24)22(21(26)16-27)19-12-10-18(11-13-19)9-8-17-6-4-3-5-7-17/h3-13,20-22,27H,2,14,16H2,1H3,(H,25,28)/b9-8+/t20-,21+,22+/m0/s1. The number of nitrogens with zero attached hydrogens (tertiary/aromatic N) is 2. The molecule has 0 unspecified atom stereocenters. The van der Waals surface area contributed by atoms with Crippen LogP contribution >= 0.6 is 0 Å². The first-order valence-corrected chi connectivity index (χ1v) is 9.59. The molecule has 0 bridgehead atoms. The summed E-state index contributed by atoms with van der Waals surface area (Å²) in [6.45, 7) is 2.36. The zero-order valence-corrected chi connectivity index (χ0v) is 16.0. The van der Waals surface area contributed by atoms with Gasteiger partial charge in [-0.2, -0.15) is 5.26 Å². The van der Waals surface area contributed by atoms with Crippen LogP contribution in [-0.4, -0.2) is 41.3 Å². The Kier molecular flexibility index (Phi) is 6.46. The highest BCUT2D eigenvalue weighted by Gasteiger charge is 2.51. The van der Waals surface area contributed by atoms with Crippen LogP contribution in [0.15, 0.2) is 54.6 Å². The Balaban J connectivity index is 1.73. The highest BCUT2D eigenvalue weighted by Crippen LogP contribution is 2.40. The number of hydrogen-bond acceptors (Lipinski definition) is 3. The molecule has 0 radical (unpaired) electrons. The molecule has 2 aromatic rings. The predicted molar refractivity (Wildman–Crippen MR) is 110 cm³/mol. The maximum absolute atomic E-state index is 12.3. The number of rotatable bonds is 6. The molecule has 0 aliphatic carbocycles. The summed E-state index contributed by atoms with van der Waals surface area (Å²) in [4.78, 5) is 13.8. The van der Waals surface area contributed by atoms with E-state index in [0.29, 0.717) is 6.54 Å². The van der Waals surface area contributed by atoms with Gasteiger partial charge in [0.05, 0.1) is 18.7 Å². The molecule has 3 rings (SSSR count). The van der Waals surface area contributed by atoms with Crippen molar-refractivity contribution in [2.24, 2.45) is 0 Å². The number of aliphatic hydroxyl groups is 1. The second-order valence-corrected chi connectivity index (χ2v) is 6.90. The largest absolute Gasteiger partial charge is 0.394 e. The van der Waals surface area contributed by atoms with Crippen molar-refractivity contribution in [2.75, 3.05) is 13.2 Å². The molecule has 2 N–H and O–H groups in total. The third-order valence-electron chi connectivity index (χ3n) is 5.08. The number of urea groups is 1. The quantitative estimate of drug-likeness (QED) is 0.757. The second-order valence-electron chi connectivity index (χ2n) is 6.90. The van der Waals surface area contributed by atoms with Crippen molar-refractivity contribution >= 4 is 18.2 Å². The van der Waals surface area contributed by atoms with Gasteiger partial charge in [-0.15, -0.1) is 0 Å². The summed E-state index contributed by atoms with van der Waals surface area (Å²) >= 11 is 0. The average Bonchev–Trinajstić information content (AvgIpc) is 2.72. The predicted octanol–water partition coefficient (Wildman–Crippen LogP) is 3.63. The summed E-state index contributed by atoms with van der Waals surface area (Å²) < 4.78 is 0. The summed E-state index contributed by atoms with van der Waals surface area (Å²) in [7, 11) is 0. The summed E-state index contributed by atoms with van der Waals surface area (Å²) in [6, 6.07) is 19.0. The Morgan fingerprint density at radius 1 is 1.14 bits per heavy atom. The molecule has 2 amide bonds. The van der Waals surface area contributed by atoms with E-state index in [1.807, 2.05) is 73.7 Å². The molecular weight excluding hydrogens is 350 g/mol. The van der Waals surface area contributed by atoms with E-state index in [2.05, 4.69) is 11.4 Å². The molecule has 0 saturated carbocycles. The zero-order valence-electron chi connectivity index (χ0n) is 16.0. The summed E-state index contributed by atoms with van der Waals surface area (Å²) in [5.41, 5.74) is 3.14. The third kappa shape index (κ3) is 4.08. The van der Waals surface area contributed by atoms with Gasteiger partial charge >= 0.3 is 6.03 Å². The van der Waals surface area contributed by atoms with Gasteiger partial charge < -0.3 is 15.3 Å². The van der Waals surface area contributed by atoms with E-state index in [-0.39, 0.29) is 24.6 Å². The number of nitriles is 1. The lowest BCUT2D eigenvalue weighted by Crippen LogP contribution is -2.67. The minimum absolute atomic E-state index is 0.169. The van der Waals surface area contributed by atoms with Crippen molar-refractivity contribution < 1.29 is 9.90 Å². The molecule has 144 valence electrons. The lowest BCUT2D eigenvalue weighted by Gasteiger charge is -2.51. The zero-order chi connectivity index (χ0) is 19.9. The van der Waals surface area contributed by atoms with Gasteiger partial charge in [-0.25, -0.2) is 4.79 Å². The lowest BCUT2D eigenvalue weighted by atomic mass is 9.76. The maximum atomic E-state index is 12.3. The average molecular weight is 375 g/mol. The van der Waals surface area contributed by atoms with E-state index in [0.717, 1.165) is 23.1 Å². The minimum atomic E-state index is -0.570. The summed E-state index contributed by atoms with van der Waals surface area (Å²) in [5, 5.41) is 22.2. The Morgan fingerprint density at radius 3 is 2.36 bits per heavy atom. The van der Waals surface area contributed by atoms with E-state index >= 15 is 0 Å². The number of likely N-dealkylation sites (tertiary alicyclic amines) is 1. The van der Waals surface area contributed by atoms with Crippen molar-refractivity contribution in [1.29, 1.82) is 5.26 Å². The van der Waals surface area contributed by atoms with Crippen LogP contribution < -0.4 is 5.32 Å². The molecule has 5 nitrogen and oxygen atoms in total. The van der Waals surface area contributed by atoms with Crippen LogP contribution in [-0.2, 0) is 0 Å². The number of carbonyl (C=O) groups is 1.